The van der Waals surface area contributed by atoms with Crippen LogP contribution in [0.5, 0.6) is 0 Å². The van der Waals surface area contributed by atoms with E-state index in [4.69, 9.17) is 15.8 Å². The van der Waals surface area contributed by atoms with Gasteiger partial charge < -0.3 is 20.8 Å². The molecule has 9 nitrogen and oxygen atoms in total. The number of aromatic carboxylic acids is 1. The molecular formula is C24H18N6O3. The summed E-state index contributed by atoms with van der Waals surface area (Å²) in [4.78, 5) is 38.4. The Labute approximate surface area is 187 Å². The number of aromatic amines is 2. The summed E-state index contributed by atoms with van der Waals surface area (Å²) >= 11 is 0. The maximum absolute atomic E-state index is 10.4. The first-order chi connectivity index (χ1) is 16.0. The minimum Gasteiger partial charge on any atom is -0.477 e. The molecule has 0 radical (unpaired) electrons. The van der Waals surface area contributed by atoms with Crippen molar-refractivity contribution < 1.29 is 9.90 Å². The van der Waals surface area contributed by atoms with Crippen LogP contribution in [0.2, 0.25) is 0 Å². The van der Waals surface area contributed by atoms with Crippen LogP contribution in [0, 0.1) is 0 Å². The van der Waals surface area contributed by atoms with Gasteiger partial charge in [0.25, 0.3) is 5.56 Å². The molecular weight excluding hydrogens is 420 g/mol. The molecule has 2 aromatic carbocycles. The zero-order chi connectivity index (χ0) is 22.9. The van der Waals surface area contributed by atoms with Crippen molar-refractivity contribution in [2.24, 2.45) is 5.73 Å². The SMILES string of the molecule is NC1c2ccccc2-c2c(-c3nc4ccncc4[nH]3)cccc21.O=C(O)c1cc(=O)[nH]cn1. The summed E-state index contributed by atoms with van der Waals surface area (Å²) in [5, 5.41) is 8.29. The highest BCUT2D eigenvalue weighted by atomic mass is 16.4. The second kappa shape index (κ2) is 8.13. The standard InChI is InChI=1S/C19H14N4.C5H4N2O3/c20-18-12-5-2-1-4-11(12)17-13(18)6-3-7-14(17)19-22-15-8-9-21-10-16(15)23-19;8-4-1-3(5(9)10)6-2-7-4/h1-10,18H,20H2,(H,22,23);1-2H,(H,9,10)(H,6,7,8). The lowest BCUT2D eigenvalue weighted by Crippen LogP contribution is -2.10. The zero-order valence-corrected chi connectivity index (χ0v) is 17.2. The number of aromatic nitrogens is 5. The average Bonchev–Trinajstić information content (AvgIpc) is 3.39. The van der Waals surface area contributed by atoms with Crippen molar-refractivity contribution in [3.8, 4) is 22.5 Å². The van der Waals surface area contributed by atoms with Crippen molar-refractivity contribution in [1.29, 1.82) is 0 Å². The van der Waals surface area contributed by atoms with Crippen LogP contribution in [-0.2, 0) is 0 Å². The summed E-state index contributed by atoms with van der Waals surface area (Å²) in [5.41, 5.74) is 13.4. The van der Waals surface area contributed by atoms with Gasteiger partial charge in [0.05, 0.1) is 29.6 Å². The molecule has 1 aliphatic carbocycles. The summed E-state index contributed by atoms with van der Waals surface area (Å²) in [7, 11) is 0. The fraction of sp³-hybridized carbons (Fsp3) is 0.0417. The molecule has 5 N–H and O–H groups in total. The van der Waals surface area contributed by atoms with Gasteiger partial charge in [0, 0.05) is 17.8 Å². The fourth-order valence-electron chi connectivity index (χ4n) is 3.96. The number of nitrogens with two attached hydrogens (primary N) is 1. The number of imidazole rings is 1. The molecule has 33 heavy (non-hydrogen) atoms. The predicted molar refractivity (Wildman–Crippen MR) is 123 cm³/mol. The number of nitrogens with zero attached hydrogens (tertiary/aromatic N) is 3. The van der Waals surface area contributed by atoms with E-state index in [-0.39, 0.29) is 11.7 Å². The predicted octanol–water partition coefficient (Wildman–Crippen LogP) is 3.12. The molecule has 0 fully saturated rings. The molecule has 0 saturated carbocycles. The summed E-state index contributed by atoms with van der Waals surface area (Å²) in [6.45, 7) is 0. The minimum atomic E-state index is -1.20. The number of rotatable bonds is 2. The van der Waals surface area contributed by atoms with Crippen LogP contribution in [0.25, 0.3) is 33.5 Å². The van der Waals surface area contributed by atoms with Crippen molar-refractivity contribution in [3.63, 3.8) is 0 Å². The first-order valence-corrected chi connectivity index (χ1v) is 10.1. The molecule has 3 heterocycles. The van der Waals surface area contributed by atoms with Gasteiger partial charge in [0.2, 0.25) is 0 Å². The third-order valence-electron chi connectivity index (χ3n) is 5.43. The van der Waals surface area contributed by atoms with Gasteiger partial charge in [-0.05, 0) is 28.3 Å². The van der Waals surface area contributed by atoms with E-state index in [0.29, 0.717) is 0 Å². The highest BCUT2D eigenvalue weighted by Crippen LogP contribution is 2.46. The molecule has 162 valence electrons. The number of carboxylic acid groups (broad SMARTS) is 1. The number of H-pyrrole nitrogens is 2. The number of hydrogen-bond donors (Lipinski definition) is 4. The number of hydrogen-bond acceptors (Lipinski definition) is 6. The van der Waals surface area contributed by atoms with E-state index in [1.807, 2.05) is 18.2 Å². The lowest BCUT2D eigenvalue weighted by atomic mass is 9.99. The first-order valence-electron chi connectivity index (χ1n) is 10.1. The molecule has 0 amide bonds. The summed E-state index contributed by atoms with van der Waals surface area (Å²) in [6, 6.07) is 17.3. The molecule has 1 aliphatic rings. The molecule has 0 spiro atoms. The molecule has 3 aromatic heterocycles. The Balaban J connectivity index is 0.000000193. The highest BCUT2D eigenvalue weighted by Gasteiger charge is 2.28. The Morgan fingerprint density at radius 2 is 1.82 bits per heavy atom. The number of carboxylic acids is 1. The second-order valence-corrected chi connectivity index (χ2v) is 7.41. The molecule has 1 unspecified atom stereocenters. The Morgan fingerprint density at radius 3 is 2.58 bits per heavy atom. The monoisotopic (exact) mass is 438 g/mol. The molecule has 5 aromatic rings. The van der Waals surface area contributed by atoms with Crippen LogP contribution in [-0.4, -0.2) is 36.0 Å². The quantitative estimate of drug-likeness (QED) is 0.330. The third kappa shape index (κ3) is 3.66. The zero-order valence-electron chi connectivity index (χ0n) is 17.2. The lowest BCUT2D eigenvalue weighted by molar-refractivity contribution is 0.0690. The van der Waals surface area contributed by atoms with Crippen LogP contribution in [0.15, 0.2) is 78.1 Å². The summed E-state index contributed by atoms with van der Waals surface area (Å²) < 4.78 is 0. The Morgan fingerprint density at radius 1 is 1.03 bits per heavy atom. The molecule has 6 rings (SSSR count). The fourth-order valence-corrected chi connectivity index (χ4v) is 3.96. The molecule has 0 aliphatic heterocycles. The topological polar surface area (TPSA) is 151 Å². The smallest absolute Gasteiger partial charge is 0.354 e. The van der Waals surface area contributed by atoms with Crippen molar-refractivity contribution in [3.05, 3.63) is 100 Å². The minimum absolute atomic E-state index is 0.0767. The Hall–Kier alpha value is -4.63. The van der Waals surface area contributed by atoms with Crippen molar-refractivity contribution in [1.82, 2.24) is 24.9 Å². The maximum Gasteiger partial charge on any atom is 0.354 e. The van der Waals surface area contributed by atoms with Gasteiger partial charge in [-0.1, -0.05) is 42.5 Å². The molecule has 0 bridgehead atoms. The van der Waals surface area contributed by atoms with Crippen LogP contribution >= 0.6 is 0 Å². The van der Waals surface area contributed by atoms with Crippen LogP contribution in [0.4, 0.5) is 0 Å². The highest BCUT2D eigenvalue weighted by molar-refractivity contribution is 5.91. The number of carbonyl (C=O) groups is 1. The number of benzene rings is 2. The maximum atomic E-state index is 10.4. The second-order valence-electron chi connectivity index (χ2n) is 7.41. The first kappa shape index (κ1) is 20.3. The van der Waals surface area contributed by atoms with Crippen molar-refractivity contribution >= 4 is 17.0 Å². The van der Waals surface area contributed by atoms with E-state index >= 15 is 0 Å². The number of nitrogens with one attached hydrogen (secondary N) is 2. The Bertz CT molecular complexity index is 1520. The van der Waals surface area contributed by atoms with Gasteiger partial charge in [-0.25, -0.2) is 14.8 Å². The van der Waals surface area contributed by atoms with E-state index in [2.05, 4.69) is 50.3 Å². The van der Waals surface area contributed by atoms with Gasteiger partial charge in [0.15, 0.2) is 5.69 Å². The van der Waals surface area contributed by atoms with E-state index in [0.717, 1.165) is 40.4 Å². The van der Waals surface area contributed by atoms with Crippen LogP contribution in [0.1, 0.15) is 27.7 Å². The molecule has 1 atom stereocenters. The van der Waals surface area contributed by atoms with Crippen LogP contribution in [0.3, 0.4) is 0 Å². The van der Waals surface area contributed by atoms with Gasteiger partial charge in [0.1, 0.15) is 5.82 Å². The van der Waals surface area contributed by atoms with E-state index < -0.39 is 11.5 Å². The average molecular weight is 438 g/mol. The summed E-state index contributed by atoms with van der Waals surface area (Å²) in [5.74, 6) is -0.347. The number of pyridine rings is 1. The Kier molecular flexibility index (Phi) is 5.00. The van der Waals surface area contributed by atoms with Gasteiger partial charge in [-0.2, -0.15) is 0 Å². The van der Waals surface area contributed by atoms with Crippen LogP contribution < -0.4 is 11.3 Å². The van der Waals surface area contributed by atoms with Gasteiger partial charge in [-0.3, -0.25) is 9.78 Å². The molecule has 0 saturated heterocycles. The third-order valence-corrected chi connectivity index (χ3v) is 5.43. The van der Waals surface area contributed by atoms with Crippen molar-refractivity contribution in [2.45, 2.75) is 6.04 Å². The summed E-state index contributed by atoms with van der Waals surface area (Å²) in [6.07, 6.45) is 4.61. The normalized spacial score (nSPS) is 13.7. The van der Waals surface area contributed by atoms with E-state index in [1.54, 1.807) is 12.4 Å². The largest absolute Gasteiger partial charge is 0.477 e. The number of fused-ring (bicyclic) bond motifs is 4. The van der Waals surface area contributed by atoms with E-state index in [9.17, 15) is 9.59 Å². The van der Waals surface area contributed by atoms with Gasteiger partial charge >= 0.3 is 5.97 Å². The lowest BCUT2D eigenvalue weighted by Gasteiger charge is -2.08. The van der Waals surface area contributed by atoms with Gasteiger partial charge in [-0.15, -0.1) is 0 Å². The van der Waals surface area contributed by atoms with E-state index in [1.165, 1.54) is 16.7 Å². The molecule has 9 heteroatoms. The van der Waals surface area contributed by atoms with Crippen molar-refractivity contribution in [2.75, 3.05) is 0 Å².